The number of aliphatic hydroxyl groups is 2. The number of anilines is 1. The van der Waals surface area contributed by atoms with Gasteiger partial charge in [-0.3, -0.25) is 9.59 Å². The Hall–Kier alpha value is -3.86. The molecule has 0 unspecified atom stereocenters. The number of hydrogen-bond donors (Lipinski definition) is 3. The molecule has 1 amide bonds. The molecule has 202 valence electrons. The summed E-state index contributed by atoms with van der Waals surface area (Å²) in [6.07, 6.45) is 0.424. The molecule has 0 fully saturated rings. The minimum Gasteiger partial charge on any atom is -0.382 e. The van der Waals surface area contributed by atoms with E-state index in [1.165, 1.54) is 16.2 Å². The number of Topliss-reactive ketones (excluding diaryl/α,β-unsaturated/α-hetero) is 1. The SMILES string of the molecule is CNc1nc([C@H]2c3ccccc3CCN2C(=O)[C@H](O)[C@@H](O)C(=O)C[C@H](C)c2ccc(-n3cccn3)cc2)cs1. The van der Waals surface area contributed by atoms with Crippen LogP contribution in [0.5, 0.6) is 0 Å². The van der Waals surface area contributed by atoms with Crippen molar-refractivity contribution < 1.29 is 19.8 Å². The molecule has 39 heavy (non-hydrogen) atoms. The zero-order chi connectivity index (χ0) is 27.5. The average molecular weight is 546 g/mol. The molecular weight excluding hydrogens is 514 g/mol. The highest BCUT2D eigenvalue weighted by atomic mass is 32.1. The maximum Gasteiger partial charge on any atom is 0.255 e. The van der Waals surface area contributed by atoms with E-state index < -0.39 is 29.9 Å². The summed E-state index contributed by atoms with van der Waals surface area (Å²) in [4.78, 5) is 32.7. The van der Waals surface area contributed by atoms with Crippen molar-refractivity contribution in [3.8, 4) is 5.69 Å². The molecule has 1 aliphatic heterocycles. The summed E-state index contributed by atoms with van der Waals surface area (Å²) in [5, 5.41) is 31.5. The van der Waals surface area contributed by atoms with Crippen LogP contribution >= 0.6 is 11.3 Å². The Labute approximate surface area is 230 Å². The quantitative estimate of drug-likeness (QED) is 0.295. The van der Waals surface area contributed by atoms with Crippen LogP contribution in [-0.4, -0.2) is 67.4 Å². The normalized spacial score (nSPS) is 17.2. The Bertz CT molecular complexity index is 1440. The molecule has 4 atom stereocenters. The van der Waals surface area contributed by atoms with Gasteiger partial charge in [-0.2, -0.15) is 5.10 Å². The molecule has 0 spiro atoms. The Balaban J connectivity index is 1.29. The van der Waals surface area contributed by atoms with Crippen molar-refractivity contribution in [2.45, 2.75) is 43.9 Å². The average Bonchev–Trinajstić information content (AvgIpc) is 3.68. The van der Waals surface area contributed by atoms with Crippen LogP contribution in [-0.2, 0) is 16.0 Å². The number of fused-ring (bicyclic) bond motifs is 1. The summed E-state index contributed by atoms with van der Waals surface area (Å²) in [5.41, 5.74) is 4.49. The van der Waals surface area contributed by atoms with Crippen LogP contribution in [0.2, 0.25) is 0 Å². The summed E-state index contributed by atoms with van der Waals surface area (Å²) in [6, 6.07) is 16.8. The lowest BCUT2D eigenvalue weighted by atomic mass is 9.89. The first kappa shape index (κ1) is 26.7. The Morgan fingerprint density at radius 2 is 1.87 bits per heavy atom. The summed E-state index contributed by atoms with van der Waals surface area (Å²) in [6.45, 7) is 2.21. The van der Waals surface area contributed by atoms with E-state index in [0.29, 0.717) is 23.8 Å². The first-order chi connectivity index (χ1) is 18.9. The van der Waals surface area contributed by atoms with Crippen molar-refractivity contribution in [2.75, 3.05) is 18.9 Å². The zero-order valence-corrected chi connectivity index (χ0v) is 22.6. The van der Waals surface area contributed by atoms with Gasteiger partial charge in [-0.05, 0) is 47.2 Å². The molecule has 10 heteroatoms. The standard InChI is InChI=1S/C29H31N5O4S/c1-18(19-8-10-21(11-9-19)34-14-5-13-31-34)16-24(35)26(36)27(37)28(38)33-15-12-20-6-3-4-7-22(20)25(33)23-17-39-29(30-2)32-23/h3-11,13-14,17-18,25-27,36-37H,12,15-16H2,1-2H3,(H,30,32)/t18-,25+,26-,27+/m0/s1. The topological polar surface area (TPSA) is 121 Å². The first-order valence-corrected chi connectivity index (χ1v) is 13.8. The maximum absolute atomic E-state index is 13.5. The Morgan fingerprint density at radius 1 is 1.10 bits per heavy atom. The molecule has 3 N–H and O–H groups in total. The van der Waals surface area contributed by atoms with E-state index in [0.717, 1.165) is 22.4 Å². The molecule has 0 radical (unpaired) electrons. The lowest BCUT2D eigenvalue weighted by Crippen LogP contribution is -2.51. The molecule has 1 aliphatic rings. The number of ketones is 1. The summed E-state index contributed by atoms with van der Waals surface area (Å²) < 4.78 is 1.74. The number of amides is 1. The van der Waals surface area contributed by atoms with Crippen LogP contribution in [0.4, 0.5) is 5.13 Å². The molecule has 0 saturated carbocycles. The molecule has 0 bridgehead atoms. The van der Waals surface area contributed by atoms with Crippen LogP contribution in [0, 0.1) is 0 Å². The van der Waals surface area contributed by atoms with Gasteiger partial charge in [0, 0.05) is 37.8 Å². The highest BCUT2D eigenvalue weighted by Gasteiger charge is 2.40. The number of nitrogens with zero attached hydrogens (tertiary/aromatic N) is 4. The minimum absolute atomic E-state index is 0.0174. The van der Waals surface area contributed by atoms with Crippen molar-refractivity contribution in [3.05, 3.63) is 94.8 Å². The summed E-state index contributed by atoms with van der Waals surface area (Å²) >= 11 is 1.42. The second-order valence-electron chi connectivity index (χ2n) is 9.71. The molecular formula is C29H31N5O4S. The monoisotopic (exact) mass is 545 g/mol. The number of aliphatic hydroxyl groups excluding tert-OH is 2. The van der Waals surface area contributed by atoms with Gasteiger partial charge in [0.15, 0.2) is 17.0 Å². The number of hydrogen-bond acceptors (Lipinski definition) is 8. The fourth-order valence-corrected chi connectivity index (χ4v) is 5.74. The number of nitrogens with one attached hydrogen (secondary N) is 1. The molecule has 0 saturated heterocycles. The predicted octanol–water partition coefficient (Wildman–Crippen LogP) is 3.33. The van der Waals surface area contributed by atoms with Gasteiger partial charge in [0.1, 0.15) is 12.1 Å². The minimum atomic E-state index is -1.87. The lowest BCUT2D eigenvalue weighted by molar-refractivity contribution is -0.154. The van der Waals surface area contributed by atoms with E-state index in [4.69, 9.17) is 0 Å². The highest BCUT2D eigenvalue weighted by Crippen LogP contribution is 2.37. The van der Waals surface area contributed by atoms with E-state index in [-0.39, 0.29) is 12.3 Å². The van der Waals surface area contributed by atoms with Crippen molar-refractivity contribution >= 4 is 28.2 Å². The van der Waals surface area contributed by atoms with E-state index >= 15 is 0 Å². The van der Waals surface area contributed by atoms with Gasteiger partial charge in [0.05, 0.1) is 11.4 Å². The zero-order valence-electron chi connectivity index (χ0n) is 21.8. The number of carbonyl (C=O) groups is 2. The van der Waals surface area contributed by atoms with Crippen molar-refractivity contribution in [3.63, 3.8) is 0 Å². The molecule has 2 aromatic heterocycles. The second-order valence-corrected chi connectivity index (χ2v) is 10.6. The number of benzene rings is 2. The van der Waals surface area contributed by atoms with Crippen molar-refractivity contribution in [1.82, 2.24) is 19.7 Å². The molecule has 3 heterocycles. The van der Waals surface area contributed by atoms with Crippen LogP contribution in [0.1, 0.15) is 47.7 Å². The highest BCUT2D eigenvalue weighted by molar-refractivity contribution is 7.13. The van der Waals surface area contributed by atoms with E-state index in [2.05, 4.69) is 15.4 Å². The Morgan fingerprint density at radius 3 is 2.56 bits per heavy atom. The van der Waals surface area contributed by atoms with Crippen LogP contribution in [0.3, 0.4) is 0 Å². The molecule has 2 aromatic carbocycles. The third kappa shape index (κ3) is 5.49. The smallest absolute Gasteiger partial charge is 0.255 e. The van der Waals surface area contributed by atoms with Crippen LogP contribution in [0.15, 0.2) is 72.4 Å². The van der Waals surface area contributed by atoms with Gasteiger partial charge in [-0.15, -0.1) is 11.3 Å². The maximum atomic E-state index is 13.5. The molecule has 0 aliphatic carbocycles. The summed E-state index contributed by atoms with van der Waals surface area (Å²) in [7, 11) is 1.78. The largest absolute Gasteiger partial charge is 0.382 e. The fraction of sp³-hybridized carbons (Fsp3) is 0.310. The van der Waals surface area contributed by atoms with Gasteiger partial charge in [0.25, 0.3) is 5.91 Å². The lowest BCUT2D eigenvalue weighted by Gasteiger charge is -2.38. The van der Waals surface area contributed by atoms with Crippen molar-refractivity contribution in [1.29, 1.82) is 0 Å². The third-order valence-corrected chi connectivity index (χ3v) is 8.08. The van der Waals surface area contributed by atoms with E-state index in [1.807, 2.05) is 73.1 Å². The number of aromatic nitrogens is 3. The van der Waals surface area contributed by atoms with Gasteiger partial charge in [-0.25, -0.2) is 9.67 Å². The molecule has 9 nitrogen and oxygen atoms in total. The van der Waals surface area contributed by atoms with E-state index in [1.54, 1.807) is 17.9 Å². The Kier molecular flexibility index (Phi) is 7.87. The van der Waals surface area contributed by atoms with Gasteiger partial charge >= 0.3 is 0 Å². The van der Waals surface area contributed by atoms with Crippen LogP contribution < -0.4 is 5.32 Å². The summed E-state index contributed by atoms with van der Waals surface area (Å²) in [5.74, 6) is -1.49. The van der Waals surface area contributed by atoms with Gasteiger partial charge in [-0.1, -0.05) is 43.3 Å². The fourth-order valence-electron chi connectivity index (χ4n) is 5.05. The number of thiazole rings is 1. The first-order valence-electron chi connectivity index (χ1n) is 12.9. The van der Waals surface area contributed by atoms with Crippen molar-refractivity contribution in [2.24, 2.45) is 0 Å². The van der Waals surface area contributed by atoms with Gasteiger partial charge in [0.2, 0.25) is 0 Å². The number of carbonyl (C=O) groups excluding carboxylic acids is 2. The van der Waals surface area contributed by atoms with Crippen LogP contribution in [0.25, 0.3) is 5.69 Å². The molecule has 4 aromatic rings. The van der Waals surface area contributed by atoms with Gasteiger partial charge < -0.3 is 20.4 Å². The number of rotatable bonds is 9. The predicted molar refractivity (Wildman–Crippen MR) is 149 cm³/mol. The molecule has 5 rings (SSSR count). The van der Waals surface area contributed by atoms with E-state index in [9.17, 15) is 19.8 Å². The third-order valence-electron chi connectivity index (χ3n) is 7.20. The second kappa shape index (κ2) is 11.5.